The Labute approximate surface area is 134 Å². The van der Waals surface area contributed by atoms with Crippen LogP contribution in [-0.4, -0.2) is 23.1 Å². The van der Waals surface area contributed by atoms with E-state index < -0.39 is 0 Å². The van der Waals surface area contributed by atoms with E-state index in [4.69, 9.17) is 23.2 Å². The lowest BCUT2D eigenvalue weighted by Crippen LogP contribution is -2.10. The van der Waals surface area contributed by atoms with Crippen LogP contribution in [0.2, 0.25) is 10.0 Å². The summed E-state index contributed by atoms with van der Waals surface area (Å²) in [5.74, 6) is 1.45. The van der Waals surface area contributed by atoms with Crippen LogP contribution < -0.4 is 10.6 Å². The molecule has 0 aliphatic heterocycles. The zero-order valence-corrected chi connectivity index (χ0v) is 13.6. The van der Waals surface area contributed by atoms with Gasteiger partial charge < -0.3 is 10.6 Å². The van der Waals surface area contributed by atoms with Crippen LogP contribution in [-0.2, 0) is 6.42 Å². The molecule has 1 aromatic carbocycles. The minimum Gasteiger partial charge on any atom is -0.370 e. The molecule has 2 N–H and O–H groups in total. The van der Waals surface area contributed by atoms with E-state index in [-0.39, 0.29) is 0 Å². The lowest BCUT2D eigenvalue weighted by molar-refractivity contribution is 0.987. The van der Waals surface area contributed by atoms with Crippen LogP contribution in [0.4, 0.5) is 11.8 Å². The monoisotopic (exact) mass is 324 g/mol. The predicted octanol–water partition coefficient (Wildman–Crippen LogP) is 4.18. The van der Waals surface area contributed by atoms with Gasteiger partial charge in [0.25, 0.3) is 0 Å². The van der Waals surface area contributed by atoms with Gasteiger partial charge >= 0.3 is 0 Å². The molecule has 0 aliphatic rings. The van der Waals surface area contributed by atoms with Crippen molar-refractivity contribution in [3.63, 3.8) is 0 Å². The van der Waals surface area contributed by atoms with E-state index in [9.17, 15) is 0 Å². The van der Waals surface area contributed by atoms with Crippen LogP contribution in [0, 0.1) is 6.92 Å². The van der Waals surface area contributed by atoms with E-state index in [0.29, 0.717) is 16.0 Å². The fraction of sp³-hybridized carbons (Fsp3) is 0.333. The minimum absolute atomic E-state index is 0.643. The van der Waals surface area contributed by atoms with Gasteiger partial charge in [-0.25, -0.2) is 4.98 Å². The largest absolute Gasteiger partial charge is 0.370 e. The third kappa shape index (κ3) is 4.76. The molecular formula is C15H18Cl2N4. The molecule has 0 radical (unpaired) electrons. The molecule has 0 aliphatic carbocycles. The molecule has 112 valence electrons. The first-order valence-electron chi connectivity index (χ1n) is 6.86. The molecule has 0 unspecified atom stereocenters. The van der Waals surface area contributed by atoms with E-state index in [1.807, 2.05) is 32.0 Å². The summed E-state index contributed by atoms with van der Waals surface area (Å²) in [6, 6.07) is 7.48. The molecular weight excluding hydrogens is 307 g/mol. The maximum atomic E-state index is 6.16. The molecule has 0 saturated carbocycles. The summed E-state index contributed by atoms with van der Waals surface area (Å²) in [7, 11) is 0. The number of anilines is 2. The second kappa shape index (κ2) is 7.48. The van der Waals surface area contributed by atoms with Gasteiger partial charge in [0.15, 0.2) is 0 Å². The van der Waals surface area contributed by atoms with Gasteiger partial charge in [-0.2, -0.15) is 4.98 Å². The van der Waals surface area contributed by atoms with Gasteiger partial charge in [0.2, 0.25) is 5.95 Å². The number of halogens is 2. The Balaban J connectivity index is 1.96. The molecule has 0 bridgehead atoms. The Kier molecular flexibility index (Phi) is 5.65. The Hall–Kier alpha value is -1.52. The van der Waals surface area contributed by atoms with E-state index in [0.717, 1.165) is 36.6 Å². The first-order valence-corrected chi connectivity index (χ1v) is 7.61. The van der Waals surface area contributed by atoms with Gasteiger partial charge in [0.05, 0.1) is 0 Å². The lowest BCUT2D eigenvalue weighted by atomic mass is 10.1. The number of nitrogens with one attached hydrogen (secondary N) is 2. The van der Waals surface area contributed by atoms with Crippen molar-refractivity contribution in [1.29, 1.82) is 0 Å². The molecule has 2 aromatic rings. The average molecular weight is 325 g/mol. The van der Waals surface area contributed by atoms with Gasteiger partial charge in [-0.05, 0) is 38.0 Å². The molecule has 0 spiro atoms. The maximum absolute atomic E-state index is 6.16. The van der Waals surface area contributed by atoms with Crippen molar-refractivity contribution in [3.8, 4) is 0 Å². The summed E-state index contributed by atoms with van der Waals surface area (Å²) in [4.78, 5) is 8.72. The molecule has 0 fully saturated rings. The highest BCUT2D eigenvalue weighted by Gasteiger charge is 2.03. The SMILES string of the molecule is CCNc1nc(C)cc(NCCc2ccc(Cl)cc2Cl)n1. The number of aryl methyl sites for hydroxylation is 1. The molecule has 1 heterocycles. The van der Waals surface area contributed by atoms with Crippen LogP contribution in [0.15, 0.2) is 24.3 Å². The number of nitrogens with zero attached hydrogens (tertiary/aromatic N) is 2. The average Bonchev–Trinajstić information content (AvgIpc) is 2.41. The summed E-state index contributed by atoms with van der Waals surface area (Å²) in [6.45, 7) is 5.50. The van der Waals surface area contributed by atoms with E-state index in [1.165, 1.54) is 0 Å². The quantitative estimate of drug-likeness (QED) is 0.836. The summed E-state index contributed by atoms with van der Waals surface area (Å²) in [6.07, 6.45) is 0.801. The fourth-order valence-corrected chi connectivity index (χ4v) is 2.45. The van der Waals surface area contributed by atoms with Crippen molar-refractivity contribution in [1.82, 2.24) is 9.97 Å². The van der Waals surface area contributed by atoms with Gasteiger partial charge in [-0.3, -0.25) is 0 Å². The van der Waals surface area contributed by atoms with Crippen molar-refractivity contribution < 1.29 is 0 Å². The van der Waals surface area contributed by atoms with Crippen LogP contribution in [0.3, 0.4) is 0 Å². The molecule has 0 amide bonds. The standard InChI is InChI=1S/C15H18Cl2N4/c1-3-18-15-20-10(2)8-14(21-15)19-7-6-11-4-5-12(16)9-13(11)17/h4-5,8-9H,3,6-7H2,1-2H3,(H2,18,19,20,21). The Bertz CT molecular complexity index is 617. The van der Waals surface area contributed by atoms with Crippen molar-refractivity contribution in [2.75, 3.05) is 23.7 Å². The predicted molar refractivity (Wildman–Crippen MR) is 89.6 cm³/mol. The highest BCUT2D eigenvalue weighted by Crippen LogP contribution is 2.21. The molecule has 0 atom stereocenters. The topological polar surface area (TPSA) is 49.8 Å². The zero-order valence-electron chi connectivity index (χ0n) is 12.1. The number of benzene rings is 1. The number of hydrogen-bond donors (Lipinski definition) is 2. The highest BCUT2D eigenvalue weighted by atomic mass is 35.5. The first kappa shape index (κ1) is 15.9. The third-order valence-electron chi connectivity index (χ3n) is 2.90. The minimum atomic E-state index is 0.643. The van der Waals surface area contributed by atoms with Gasteiger partial charge in [-0.1, -0.05) is 29.3 Å². The summed E-state index contributed by atoms with van der Waals surface area (Å²) in [5.41, 5.74) is 1.99. The number of hydrogen-bond acceptors (Lipinski definition) is 4. The van der Waals surface area contributed by atoms with Crippen molar-refractivity contribution >= 4 is 35.0 Å². The van der Waals surface area contributed by atoms with Crippen LogP contribution >= 0.6 is 23.2 Å². The van der Waals surface area contributed by atoms with E-state index in [2.05, 4.69) is 20.6 Å². The van der Waals surface area contributed by atoms with E-state index >= 15 is 0 Å². The van der Waals surface area contributed by atoms with Crippen molar-refractivity contribution in [3.05, 3.63) is 45.6 Å². The van der Waals surface area contributed by atoms with Crippen LogP contribution in [0.25, 0.3) is 0 Å². The second-order valence-electron chi connectivity index (χ2n) is 4.66. The summed E-state index contributed by atoms with van der Waals surface area (Å²) >= 11 is 12.0. The number of aromatic nitrogens is 2. The van der Waals surface area contributed by atoms with Crippen LogP contribution in [0.1, 0.15) is 18.2 Å². The fourth-order valence-electron chi connectivity index (χ4n) is 1.95. The molecule has 2 rings (SSSR count). The van der Waals surface area contributed by atoms with E-state index in [1.54, 1.807) is 6.07 Å². The molecule has 0 saturated heterocycles. The summed E-state index contributed by atoms with van der Waals surface area (Å²) < 4.78 is 0. The van der Waals surface area contributed by atoms with Crippen molar-refractivity contribution in [2.45, 2.75) is 20.3 Å². The maximum Gasteiger partial charge on any atom is 0.224 e. The summed E-state index contributed by atoms with van der Waals surface area (Å²) in [5, 5.41) is 7.75. The Morgan fingerprint density at radius 1 is 1.10 bits per heavy atom. The molecule has 6 heteroatoms. The van der Waals surface area contributed by atoms with Crippen molar-refractivity contribution in [2.24, 2.45) is 0 Å². The Morgan fingerprint density at radius 3 is 2.62 bits per heavy atom. The molecule has 21 heavy (non-hydrogen) atoms. The smallest absolute Gasteiger partial charge is 0.224 e. The molecule has 4 nitrogen and oxygen atoms in total. The van der Waals surface area contributed by atoms with Gasteiger partial charge in [-0.15, -0.1) is 0 Å². The van der Waals surface area contributed by atoms with Crippen LogP contribution in [0.5, 0.6) is 0 Å². The highest BCUT2D eigenvalue weighted by molar-refractivity contribution is 6.35. The Morgan fingerprint density at radius 2 is 1.90 bits per heavy atom. The first-order chi connectivity index (χ1) is 10.1. The third-order valence-corrected chi connectivity index (χ3v) is 3.49. The number of rotatable bonds is 6. The zero-order chi connectivity index (χ0) is 15.2. The normalized spacial score (nSPS) is 10.5. The lowest BCUT2D eigenvalue weighted by Gasteiger charge is -2.10. The molecule has 1 aromatic heterocycles. The second-order valence-corrected chi connectivity index (χ2v) is 5.50. The van der Waals surface area contributed by atoms with Gasteiger partial charge in [0.1, 0.15) is 5.82 Å². The van der Waals surface area contributed by atoms with Gasteiger partial charge in [0, 0.05) is 34.9 Å².